The highest BCUT2D eigenvalue weighted by Crippen LogP contribution is 2.24. The second kappa shape index (κ2) is 8.05. The third-order valence-electron chi connectivity index (χ3n) is 5.60. The highest BCUT2D eigenvalue weighted by Gasteiger charge is 2.18. The molecule has 0 unspecified atom stereocenters. The van der Waals surface area contributed by atoms with Gasteiger partial charge in [0.2, 0.25) is 0 Å². The zero-order valence-corrected chi connectivity index (χ0v) is 17.0. The minimum absolute atomic E-state index is 0.0177. The molecule has 0 spiro atoms. The summed E-state index contributed by atoms with van der Waals surface area (Å²) in [7, 11) is 0. The molecule has 0 saturated carbocycles. The van der Waals surface area contributed by atoms with Crippen molar-refractivity contribution in [3.8, 4) is 0 Å². The molecule has 32 heavy (non-hydrogen) atoms. The molecule has 3 aromatic carbocycles. The number of rotatable bonds is 3. The zero-order valence-electron chi connectivity index (χ0n) is 17.0. The van der Waals surface area contributed by atoms with Crippen molar-refractivity contribution in [2.45, 2.75) is 0 Å². The number of para-hydroxylation sites is 1. The van der Waals surface area contributed by atoms with E-state index in [1.807, 2.05) is 12.1 Å². The number of carbonyl (C=O) groups is 1. The van der Waals surface area contributed by atoms with E-state index < -0.39 is 23.0 Å². The monoisotopic (exact) mass is 435 g/mol. The Hall–Kier alpha value is -3.78. The van der Waals surface area contributed by atoms with Crippen LogP contribution in [0.1, 0.15) is 10.4 Å². The van der Waals surface area contributed by atoms with Gasteiger partial charge in [0, 0.05) is 35.2 Å². The molecule has 6 nitrogen and oxygen atoms in total. The van der Waals surface area contributed by atoms with Crippen LogP contribution in [0.15, 0.2) is 59.4 Å². The van der Waals surface area contributed by atoms with Gasteiger partial charge in [0.25, 0.3) is 5.91 Å². The van der Waals surface area contributed by atoms with Gasteiger partial charge in [-0.15, -0.1) is 0 Å². The van der Waals surface area contributed by atoms with Crippen molar-refractivity contribution in [2.24, 2.45) is 0 Å². The third kappa shape index (κ3) is 3.58. The quantitative estimate of drug-likeness (QED) is 0.476. The number of halogens is 2. The Morgan fingerprint density at radius 3 is 2.47 bits per heavy atom. The molecule has 8 heteroatoms. The molecular formula is C24H19F2N3O3. The SMILES string of the molecule is O=C(Nc1ccc(N2CCOCC2)cc1)c1cc(F)cc2c(=O)c3cccc(F)c3[nH]c12. The van der Waals surface area contributed by atoms with Gasteiger partial charge in [0.1, 0.15) is 11.6 Å². The summed E-state index contributed by atoms with van der Waals surface area (Å²) >= 11 is 0. The normalized spacial score (nSPS) is 14.1. The Kier molecular flexibility index (Phi) is 5.07. The number of fused-ring (bicyclic) bond motifs is 2. The summed E-state index contributed by atoms with van der Waals surface area (Å²) in [5.74, 6) is -1.97. The maximum absolute atomic E-state index is 14.3. The number of hydrogen-bond acceptors (Lipinski definition) is 4. The number of amides is 1. The van der Waals surface area contributed by atoms with E-state index >= 15 is 0 Å². The molecule has 2 heterocycles. The minimum atomic E-state index is -0.730. The van der Waals surface area contributed by atoms with Crippen LogP contribution in [-0.2, 0) is 4.74 Å². The van der Waals surface area contributed by atoms with Gasteiger partial charge in [-0.1, -0.05) is 6.07 Å². The molecular weight excluding hydrogens is 416 g/mol. The molecule has 1 amide bonds. The van der Waals surface area contributed by atoms with Crippen LogP contribution in [0.5, 0.6) is 0 Å². The molecule has 5 rings (SSSR count). The van der Waals surface area contributed by atoms with Crippen molar-refractivity contribution in [3.05, 3.63) is 82.0 Å². The van der Waals surface area contributed by atoms with Crippen LogP contribution in [0.2, 0.25) is 0 Å². The highest BCUT2D eigenvalue weighted by atomic mass is 19.1. The molecule has 0 radical (unpaired) electrons. The minimum Gasteiger partial charge on any atom is -0.378 e. The maximum atomic E-state index is 14.3. The number of aromatic amines is 1. The molecule has 1 aliphatic rings. The van der Waals surface area contributed by atoms with Gasteiger partial charge in [-0.3, -0.25) is 9.59 Å². The number of morpholine rings is 1. The summed E-state index contributed by atoms with van der Waals surface area (Å²) in [5.41, 5.74) is 0.945. The average Bonchev–Trinajstić information content (AvgIpc) is 2.81. The lowest BCUT2D eigenvalue weighted by atomic mass is 10.0. The van der Waals surface area contributed by atoms with Crippen LogP contribution in [0.3, 0.4) is 0 Å². The maximum Gasteiger partial charge on any atom is 0.257 e. The predicted molar refractivity (Wildman–Crippen MR) is 119 cm³/mol. The summed E-state index contributed by atoms with van der Waals surface area (Å²) in [4.78, 5) is 30.8. The smallest absolute Gasteiger partial charge is 0.257 e. The number of nitrogens with zero attached hydrogens (tertiary/aromatic N) is 1. The van der Waals surface area contributed by atoms with Crippen LogP contribution in [0, 0.1) is 11.6 Å². The molecule has 0 bridgehead atoms. The second-order valence-corrected chi connectivity index (χ2v) is 7.59. The van der Waals surface area contributed by atoms with Crippen molar-refractivity contribution in [2.75, 3.05) is 36.5 Å². The van der Waals surface area contributed by atoms with Gasteiger partial charge in [-0.25, -0.2) is 8.78 Å². The van der Waals surface area contributed by atoms with E-state index in [1.54, 1.807) is 12.1 Å². The van der Waals surface area contributed by atoms with Crippen molar-refractivity contribution in [1.29, 1.82) is 0 Å². The molecule has 1 saturated heterocycles. The number of carbonyl (C=O) groups excluding carboxylic acids is 1. The number of hydrogen-bond donors (Lipinski definition) is 2. The lowest BCUT2D eigenvalue weighted by Gasteiger charge is -2.28. The molecule has 0 atom stereocenters. The Morgan fingerprint density at radius 2 is 1.72 bits per heavy atom. The fourth-order valence-electron chi connectivity index (χ4n) is 3.99. The van der Waals surface area contributed by atoms with Gasteiger partial charge in [0.15, 0.2) is 5.43 Å². The van der Waals surface area contributed by atoms with Crippen molar-refractivity contribution in [1.82, 2.24) is 4.98 Å². The average molecular weight is 435 g/mol. The second-order valence-electron chi connectivity index (χ2n) is 7.59. The number of pyridine rings is 1. The fraction of sp³-hybridized carbons (Fsp3) is 0.167. The number of nitrogens with one attached hydrogen (secondary N) is 2. The fourth-order valence-corrected chi connectivity index (χ4v) is 3.99. The zero-order chi connectivity index (χ0) is 22.2. The first-order valence-electron chi connectivity index (χ1n) is 10.2. The topological polar surface area (TPSA) is 74.4 Å². The van der Waals surface area contributed by atoms with Gasteiger partial charge in [0.05, 0.1) is 29.8 Å². The Balaban J connectivity index is 1.51. The van der Waals surface area contributed by atoms with E-state index in [9.17, 15) is 18.4 Å². The van der Waals surface area contributed by atoms with Crippen molar-refractivity contribution in [3.63, 3.8) is 0 Å². The van der Waals surface area contributed by atoms with Crippen LogP contribution >= 0.6 is 0 Å². The third-order valence-corrected chi connectivity index (χ3v) is 5.60. The summed E-state index contributed by atoms with van der Waals surface area (Å²) in [6.07, 6.45) is 0. The number of aromatic nitrogens is 1. The molecule has 1 aromatic heterocycles. The molecule has 1 fully saturated rings. The molecule has 0 aliphatic carbocycles. The van der Waals surface area contributed by atoms with Gasteiger partial charge in [-0.2, -0.15) is 0 Å². The van der Waals surface area contributed by atoms with Gasteiger partial charge < -0.3 is 19.9 Å². The Bertz CT molecular complexity index is 1390. The first kappa shape index (κ1) is 20.1. The van der Waals surface area contributed by atoms with Crippen LogP contribution in [0.25, 0.3) is 21.8 Å². The summed E-state index contributed by atoms with van der Waals surface area (Å²) in [6, 6.07) is 13.4. The Labute approximate surface area is 181 Å². The number of anilines is 2. The molecule has 2 N–H and O–H groups in total. The van der Waals surface area contributed by atoms with E-state index in [0.29, 0.717) is 18.9 Å². The molecule has 162 valence electrons. The lowest BCUT2D eigenvalue weighted by Crippen LogP contribution is -2.36. The van der Waals surface area contributed by atoms with Crippen LogP contribution in [-0.4, -0.2) is 37.2 Å². The molecule has 1 aliphatic heterocycles. The standard InChI is InChI=1S/C24H19F2N3O3/c25-14-12-18-21(28-22-17(23(18)30)2-1-3-20(22)26)19(13-14)24(31)27-15-4-6-16(7-5-15)29-8-10-32-11-9-29/h1-7,12-13H,8-11H2,(H,27,31)(H,28,30). The highest BCUT2D eigenvalue weighted by molar-refractivity contribution is 6.13. The van der Waals surface area contributed by atoms with Crippen LogP contribution < -0.4 is 15.6 Å². The lowest BCUT2D eigenvalue weighted by molar-refractivity contribution is 0.102. The number of benzene rings is 3. The van der Waals surface area contributed by atoms with Crippen molar-refractivity contribution >= 4 is 39.1 Å². The number of ether oxygens (including phenoxy) is 1. The van der Waals surface area contributed by atoms with E-state index in [0.717, 1.165) is 30.9 Å². The number of H-pyrrole nitrogens is 1. The van der Waals surface area contributed by atoms with Gasteiger partial charge in [-0.05, 0) is 48.5 Å². The van der Waals surface area contributed by atoms with E-state index in [2.05, 4.69) is 15.2 Å². The summed E-state index contributed by atoms with van der Waals surface area (Å²) < 4.78 is 33.9. The van der Waals surface area contributed by atoms with E-state index in [1.165, 1.54) is 18.2 Å². The predicted octanol–water partition coefficient (Wildman–Crippen LogP) is 4.05. The molecule has 4 aromatic rings. The first-order chi connectivity index (χ1) is 15.5. The van der Waals surface area contributed by atoms with Crippen molar-refractivity contribution < 1.29 is 18.3 Å². The van der Waals surface area contributed by atoms with Gasteiger partial charge >= 0.3 is 0 Å². The summed E-state index contributed by atoms with van der Waals surface area (Å²) in [6.45, 7) is 2.91. The summed E-state index contributed by atoms with van der Waals surface area (Å²) in [5, 5.41) is 2.80. The largest absolute Gasteiger partial charge is 0.378 e. The first-order valence-corrected chi connectivity index (χ1v) is 10.2. The van der Waals surface area contributed by atoms with E-state index in [-0.39, 0.29) is 27.4 Å². The van der Waals surface area contributed by atoms with Crippen LogP contribution in [0.4, 0.5) is 20.2 Å². The Morgan fingerprint density at radius 1 is 0.969 bits per heavy atom. The van der Waals surface area contributed by atoms with E-state index in [4.69, 9.17) is 4.74 Å².